The first-order chi connectivity index (χ1) is 11.8. The van der Waals surface area contributed by atoms with Crippen LogP contribution in [0.3, 0.4) is 0 Å². The molecule has 0 spiro atoms. The minimum atomic E-state index is -3.79. The molecule has 3 rings (SSSR count). The molecule has 0 saturated heterocycles. The number of nitrogens with zero attached hydrogens (tertiary/aromatic N) is 3. The van der Waals surface area contributed by atoms with Gasteiger partial charge in [-0.25, -0.2) is 13.1 Å². The molecule has 0 unspecified atom stereocenters. The van der Waals surface area contributed by atoms with E-state index in [1.54, 1.807) is 6.07 Å². The third kappa shape index (κ3) is 3.58. The Balaban J connectivity index is 1.85. The smallest absolute Gasteiger partial charge is 0.271 e. The molecule has 10 heteroatoms. The lowest BCUT2D eigenvalue weighted by atomic mass is 10.3. The maximum absolute atomic E-state index is 12.3. The summed E-state index contributed by atoms with van der Waals surface area (Å²) in [7, 11) is -3.79. The molecule has 0 fully saturated rings. The normalized spacial score (nSPS) is 11.2. The Hall–Kier alpha value is -3.40. The van der Waals surface area contributed by atoms with Crippen LogP contribution in [0, 0.1) is 10.1 Å². The summed E-state index contributed by atoms with van der Waals surface area (Å²) < 4.78 is 28.4. The SMILES string of the molecule is Nc1ccc(S(=O)(=O)Nc2cnn(-c3cccc([N+](=O)[O-])c3)c2)cc1. The quantitative estimate of drug-likeness (QED) is 0.407. The van der Waals surface area contributed by atoms with Crippen LogP contribution in [0.15, 0.2) is 65.8 Å². The van der Waals surface area contributed by atoms with Crippen molar-refractivity contribution in [2.24, 2.45) is 0 Å². The highest BCUT2D eigenvalue weighted by Gasteiger charge is 2.15. The van der Waals surface area contributed by atoms with Crippen molar-refractivity contribution in [2.75, 3.05) is 10.5 Å². The molecular weight excluding hydrogens is 346 g/mol. The topological polar surface area (TPSA) is 133 Å². The van der Waals surface area contributed by atoms with E-state index in [0.29, 0.717) is 11.4 Å². The van der Waals surface area contributed by atoms with E-state index in [2.05, 4.69) is 9.82 Å². The Morgan fingerprint density at radius 3 is 2.56 bits per heavy atom. The van der Waals surface area contributed by atoms with Crippen molar-refractivity contribution in [3.63, 3.8) is 0 Å². The van der Waals surface area contributed by atoms with Crippen LogP contribution in [0.1, 0.15) is 0 Å². The fraction of sp³-hybridized carbons (Fsp3) is 0. The molecule has 2 aromatic carbocycles. The molecule has 0 bridgehead atoms. The first-order valence-corrected chi connectivity index (χ1v) is 8.51. The monoisotopic (exact) mass is 359 g/mol. The van der Waals surface area contributed by atoms with Gasteiger partial charge in [-0.15, -0.1) is 0 Å². The van der Waals surface area contributed by atoms with Crippen LogP contribution in [-0.4, -0.2) is 23.1 Å². The van der Waals surface area contributed by atoms with Crippen molar-refractivity contribution in [1.29, 1.82) is 0 Å². The molecule has 3 N–H and O–H groups in total. The van der Waals surface area contributed by atoms with Gasteiger partial charge < -0.3 is 5.73 Å². The lowest BCUT2D eigenvalue weighted by Crippen LogP contribution is -2.12. The van der Waals surface area contributed by atoms with Gasteiger partial charge in [0.05, 0.1) is 33.6 Å². The minimum Gasteiger partial charge on any atom is -0.399 e. The highest BCUT2D eigenvalue weighted by atomic mass is 32.2. The van der Waals surface area contributed by atoms with E-state index in [9.17, 15) is 18.5 Å². The van der Waals surface area contributed by atoms with Crippen molar-refractivity contribution in [3.8, 4) is 5.69 Å². The van der Waals surface area contributed by atoms with Crippen LogP contribution in [-0.2, 0) is 10.0 Å². The number of rotatable bonds is 5. The van der Waals surface area contributed by atoms with Gasteiger partial charge in [-0.1, -0.05) is 6.07 Å². The lowest BCUT2D eigenvalue weighted by Gasteiger charge is -2.06. The summed E-state index contributed by atoms with van der Waals surface area (Å²) >= 11 is 0. The number of nitrogens with two attached hydrogens (primary N) is 1. The number of sulfonamides is 1. The predicted molar refractivity (Wildman–Crippen MR) is 91.9 cm³/mol. The standard InChI is InChI=1S/C15H13N5O4S/c16-11-4-6-15(7-5-11)25(23,24)18-12-9-17-19(10-12)13-2-1-3-14(8-13)20(21)22/h1-10,18H,16H2. The van der Waals surface area contributed by atoms with Crippen molar-refractivity contribution in [1.82, 2.24) is 9.78 Å². The average Bonchev–Trinajstić information content (AvgIpc) is 3.03. The van der Waals surface area contributed by atoms with Gasteiger partial charge in [-0.2, -0.15) is 5.10 Å². The van der Waals surface area contributed by atoms with Gasteiger partial charge >= 0.3 is 0 Å². The second-order valence-electron chi connectivity index (χ2n) is 5.13. The van der Waals surface area contributed by atoms with Gasteiger partial charge in [0.1, 0.15) is 0 Å². The average molecular weight is 359 g/mol. The van der Waals surface area contributed by atoms with Crippen LogP contribution < -0.4 is 10.5 Å². The number of hydrogen-bond acceptors (Lipinski definition) is 6. The number of nitro benzene ring substituents is 1. The summed E-state index contributed by atoms with van der Waals surface area (Å²) in [6, 6.07) is 11.6. The van der Waals surface area contributed by atoms with Gasteiger partial charge in [-0.05, 0) is 30.3 Å². The zero-order chi connectivity index (χ0) is 18.0. The Morgan fingerprint density at radius 2 is 1.88 bits per heavy atom. The van der Waals surface area contributed by atoms with Gasteiger partial charge in [-0.3, -0.25) is 14.8 Å². The summed E-state index contributed by atoms with van der Waals surface area (Å²) in [6.45, 7) is 0. The summed E-state index contributed by atoms with van der Waals surface area (Å²) in [5.74, 6) is 0. The molecule has 0 atom stereocenters. The van der Waals surface area contributed by atoms with E-state index in [1.807, 2.05) is 0 Å². The Morgan fingerprint density at radius 1 is 1.16 bits per heavy atom. The molecule has 0 radical (unpaired) electrons. The van der Waals surface area contributed by atoms with Gasteiger partial charge in [0.25, 0.3) is 15.7 Å². The molecule has 1 aromatic heterocycles. The number of non-ortho nitro benzene ring substituents is 1. The van der Waals surface area contributed by atoms with Crippen LogP contribution in [0.5, 0.6) is 0 Å². The molecule has 0 saturated carbocycles. The third-order valence-electron chi connectivity index (χ3n) is 3.33. The Bertz CT molecular complexity index is 1030. The summed E-state index contributed by atoms with van der Waals surface area (Å²) in [6.07, 6.45) is 2.74. The zero-order valence-corrected chi connectivity index (χ0v) is 13.6. The van der Waals surface area contributed by atoms with Crippen molar-refractivity contribution < 1.29 is 13.3 Å². The van der Waals surface area contributed by atoms with E-state index in [-0.39, 0.29) is 16.3 Å². The number of nitro groups is 1. The Kier molecular flexibility index (Phi) is 4.11. The molecule has 25 heavy (non-hydrogen) atoms. The fourth-order valence-electron chi connectivity index (χ4n) is 2.13. The first kappa shape index (κ1) is 16.5. The first-order valence-electron chi connectivity index (χ1n) is 7.03. The maximum atomic E-state index is 12.3. The van der Waals surface area contributed by atoms with E-state index in [1.165, 1.54) is 59.5 Å². The number of nitrogen functional groups attached to an aromatic ring is 1. The number of nitrogens with one attached hydrogen (secondary N) is 1. The van der Waals surface area contributed by atoms with Crippen LogP contribution >= 0.6 is 0 Å². The molecule has 0 aliphatic carbocycles. The highest BCUT2D eigenvalue weighted by molar-refractivity contribution is 7.92. The molecule has 0 amide bonds. The highest BCUT2D eigenvalue weighted by Crippen LogP contribution is 2.20. The molecule has 1 heterocycles. The maximum Gasteiger partial charge on any atom is 0.271 e. The number of hydrogen-bond donors (Lipinski definition) is 2. The van der Waals surface area contributed by atoms with Crippen LogP contribution in [0.25, 0.3) is 5.69 Å². The molecule has 9 nitrogen and oxygen atoms in total. The number of benzene rings is 2. The van der Waals surface area contributed by atoms with Crippen LogP contribution in [0.4, 0.5) is 17.1 Å². The molecule has 0 aliphatic heterocycles. The predicted octanol–water partition coefficient (Wildman–Crippen LogP) is 2.16. The van der Waals surface area contributed by atoms with E-state index in [4.69, 9.17) is 5.73 Å². The van der Waals surface area contributed by atoms with Crippen molar-refractivity contribution >= 4 is 27.1 Å². The summed E-state index contributed by atoms with van der Waals surface area (Å²) in [5.41, 5.74) is 6.58. The van der Waals surface area contributed by atoms with E-state index >= 15 is 0 Å². The van der Waals surface area contributed by atoms with E-state index in [0.717, 1.165) is 0 Å². The van der Waals surface area contributed by atoms with Crippen molar-refractivity contribution in [2.45, 2.75) is 4.90 Å². The minimum absolute atomic E-state index is 0.0600. The summed E-state index contributed by atoms with van der Waals surface area (Å²) in [4.78, 5) is 10.4. The van der Waals surface area contributed by atoms with Crippen molar-refractivity contribution in [3.05, 3.63) is 71.0 Å². The van der Waals surface area contributed by atoms with Gasteiger partial charge in [0, 0.05) is 17.8 Å². The Labute approximate surface area is 142 Å². The zero-order valence-electron chi connectivity index (χ0n) is 12.7. The number of aromatic nitrogens is 2. The molecule has 128 valence electrons. The fourth-order valence-corrected chi connectivity index (χ4v) is 3.15. The third-order valence-corrected chi connectivity index (χ3v) is 4.73. The second-order valence-corrected chi connectivity index (χ2v) is 6.81. The van der Waals surface area contributed by atoms with Crippen LogP contribution in [0.2, 0.25) is 0 Å². The lowest BCUT2D eigenvalue weighted by molar-refractivity contribution is -0.384. The molecular formula is C15H13N5O4S. The summed E-state index contributed by atoms with van der Waals surface area (Å²) in [5, 5.41) is 14.9. The van der Waals surface area contributed by atoms with Gasteiger partial charge in [0.2, 0.25) is 0 Å². The largest absolute Gasteiger partial charge is 0.399 e. The second kappa shape index (κ2) is 6.24. The van der Waals surface area contributed by atoms with Gasteiger partial charge in [0.15, 0.2) is 0 Å². The van der Waals surface area contributed by atoms with E-state index < -0.39 is 14.9 Å². The number of anilines is 2. The molecule has 3 aromatic rings. The molecule has 0 aliphatic rings.